The van der Waals surface area contributed by atoms with Crippen molar-refractivity contribution in [1.82, 2.24) is 9.97 Å². The molecule has 1 aromatic rings. The number of hydrogen-bond acceptors (Lipinski definition) is 4. The van der Waals surface area contributed by atoms with E-state index in [0.29, 0.717) is 17.0 Å². The number of hydrogen-bond donors (Lipinski definition) is 2. The van der Waals surface area contributed by atoms with Crippen LogP contribution in [0.3, 0.4) is 0 Å². The Labute approximate surface area is 113 Å². The summed E-state index contributed by atoms with van der Waals surface area (Å²) in [7, 11) is 0. The van der Waals surface area contributed by atoms with E-state index in [9.17, 15) is 5.11 Å². The van der Waals surface area contributed by atoms with E-state index in [1.807, 2.05) is 6.92 Å². The summed E-state index contributed by atoms with van der Waals surface area (Å²) in [6.07, 6.45) is 2.29. The molecule has 1 unspecified atom stereocenters. The lowest BCUT2D eigenvalue weighted by atomic mass is 10.1. The molecule has 1 atom stereocenters. The number of aliphatic hydroxyl groups excluding tert-OH is 1. The average molecular weight is 270 g/mol. The number of aliphatic hydroxyl groups is 1. The Morgan fingerprint density at radius 2 is 2.06 bits per heavy atom. The van der Waals surface area contributed by atoms with E-state index in [-0.39, 0.29) is 12.6 Å². The van der Waals surface area contributed by atoms with Crippen LogP contribution >= 0.6 is 11.6 Å². The first kappa shape index (κ1) is 13.6. The van der Waals surface area contributed by atoms with Crippen LogP contribution in [-0.2, 0) is 0 Å². The Kier molecular flexibility index (Phi) is 4.07. The van der Waals surface area contributed by atoms with Crippen LogP contribution < -0.4 is 5.32 Å². The molecule has 1 aliphatic carbocycles. The van der Waals surface area contributed by atoms with Crippen molar-refractivity contribution >= 4 is 17.4 Å². The number of halogens is 1. The molecule has 4 nitrogen and oxygen atoms in total. The van der Waals surface area contributed by atoms with E-state index in [1.54, 1.807) is 0 Å². The maximum atomic E-state index is 9.37. The zero-order valence-electron chi connectivity index (χ0n) is 11.1. The number of nitrogens with zero attached hydrogens (tertiary/aromatic N) is 2. The molecule has 0 spiro atoms. The molecular formula is C13H20ClN3O. The van der Waals surface area contributed by atoms with E-state index in [0.717, 1.165) is 30.0 Å². The smallest absolute Gasteiger partial charge is 0.137 e. The first-order valence-electron chi connectivity index (χ1n) is 6.44. The van der Waals surface area contributed by atoms with Crippen LogP contribution in [0.5, 0.6) is 0 Å². The molecule has 2 rings (SSSR count). The normalized spacial score (nSPS) is 17.0. The molecular weight excluding hydrogens is 250 g/mol. The molecule has 1 saturated carbocycles. The Balaban J connectivity index is 2.25. The van der Waals surface area contributed by atoms with Crippen LogP contribution in [0.25, 0.3) is 0 Å². The first-order chi connectivity index (χ1) is 8.52. The minimum Gasteiger partial charge on any atom is -0.394 e. The Morgan fingerprint density at radius 3 is 2.56 bits per heavy atom. The van der Waals surface area contributed by atoms with Crippen molar-refractivity contribution in [3.63, 3.8) is 0 Å². The second-order valence-corrected chi connectivity index (χ2v) is 5.66. The highest BCUT2D eigenvalue weighted by Gasteiger charge is 2.28. The van der Waals surface area contributed by atoms with E-state index in [1.165, 1.54) is 0 Å². The molecule has 0 saturated heterocycles. The van der Waals surface area contributed by atoms with Crippen LogP contribution in [0.4, 0.5) is 5.82 Å². The molecule has 0 aliphatic heterocycles. The van der Waals surface area contributed by atoms with Crippen molar-refractivity contribution in [2.75, 3.05) is 11.9 Å². The van der Waals surface area contributed by atoms with Gasteiger partial charge in [0.05, 0.1) is 12.6 Å². The zero-order valence-corrected chi connectivity index (χ0v) is 11.8. The van der Waals surface area contributed by atoms with Gasteiger partial charge in [0, 0.05) is 11.5 Å². The highest BCUT2D eigenvalue weighted by Crippen LogP contribution is 2.39. The molecule has 0 amide bonds. The summed E-state index contributed by atoms with van der Waals surface area (Å²) in [4.78, 5) is 8.87. The van der Waals surface area contributed by atoms with Crippen molar-refractivity contribution in [1.29, 1.82) is 0 Å². The lowest BCUT2D eigenvalue weighted by Gasteiger charge is -2.22. The summed E-state index contributed by atoms with van der Waals surface area (Å²) in [5.41, 5.74) is 0.847. The van der Waals surface area contributed by atoms with Crippen molar-refractivity contribution in [3.8, 4) is 0 Å². The average Bonchev–Trinajstić information content (AvgIpc) is 3.14. The van der Waals surface area contributed by atoms with E-state index in [2.05, 4.69) is 29.1 Å². The lowest BCUT2D eigenvalue weighted by Crippen LogP contribution is -2.30. The Bertz CT molecular complexity index is 432. The van der Waals surface area contributed by atoms with Gasteiger partial charge in [-0.15, -0.1) is 0 Å². The van der Waals surface area contributed by atoms with Gasteiger partial charge in [0.15, 0.2) is 0 Å². The molecule has 18 heavy (non-hydrogen) atoms. The third kappa shape index (κ3) is 2.93. The molecule has 0 bridgehead atoms. The molecule has 5 heteroatoms. The van der Waals surface area contributed by atoms with E-state index >= 15 is 0 Å². The van der Waals surface area contributed by atoms with Gasteiger partial charge in [0.1, 0.15) is 16.8 Å². The van der Waals surface area contributed by atoms with Crippen LogP contribution in [-0.4, -0.2) is 27.7 Å². The quantitative estimate of drug-likeness (QED) is 0.807. The summed E-state index contributed by atoms with van der Waals surface area (Å²) in [6, 6.07) is -0.0123. The Morgan fingerprint density at radius 1 is 1.39 bits per heavy atom. The van der Waals surface area contributed by atoms with Gasteiger partial charge < -0.3 is 10.4 Å². The molecule has 0 radical (unpaired) electrons. The van der Waals surface area contributed by atoms with Gasteiger partial charge >= 0.3 is 0 Å². The number of nitrogens with one attached hydrogen (secondary N) is 1. The van der Waals surface area contributed by atoms with Gasteiger partial charge in [-0.05, 0) is 25.7 Å². The maximum Gasteiger partial charge on any atom is 0.137 e. The fourth-order valence-corrected chi connectivity index (χ4v) is 1.94. The summed E-state index contributed by atoms with van der Waals surface area (Å²) in [5, 5.41) is 13.2. The van der Waals surface area contributed by atoms with Gasteiger partial charge in [-0.3, -0.25) is 0 Å². The summed E-state index contributed by atoms with van der Waals surface area (Å²) in [5.74, 6) is 2.38. The zero-order chi connectivity index (χ0) is 13.3. The molecule has 1 aliphatic rings. The highest BCUT2D eigenvalue weighted by atomic mass is 35.5. The van der Waals surface area contributed by atoms with Gasteiger partial charge in [0.2, 0.25) is 0 Å². The topological polar surface area (TPSA) is 58.0 Å². The van der Waals surface area contributed by atoms with Gasteiger partial charge in [-0.2, -0.15) is 0 Å². The molecule has 100 valence electrons. The number of anilines is 1. The van der Waals surface area contributed by atoms with Gasteiger partial charge in [0.25, 0.3) is 0 Å². The summed E-state index contributed by atoms with van der Waals surface area (Å²) in [6.45, 7) is 6.11. The molecule has 2 N–H and O–H groups in total. The van der Waals surface area contributed by atoms with E-state index in [4.69, 9.17) is 11.6 Å². The lowest BCUT2D eigenvalue weighted by molar-refractivity contribution is 0.249. The second-order valence-electron chi connectivity index (χ2n) is 5.30. The Hall–Kier alpha value is -0.870. The predicted molar refractivity (Wildman–Crippen MR) is 73.1 cm³/mol. The SMILES string of the molecule is Cc1c(Cl)nc(C2CC2)nc1NC(CO)C(C)C. The summed E-state index contributed by atoms with van der Waals surface area (Å²) < 4.78 is 0. The molecule has 1 heterocycles. The van der Waals surface area contributed by atoms with Gasteiger partial charge in [-0.1, -0.05) is 25.4 Å². The van der Waals surface area contributed by atoms with E-state index < -0.39 is 0 Å². The van der Waals surface area contributed by atoms with Crippen LogP contribution in [0.1, 0.15) is 44.0 Å². The molecule has 0 aromatic carbocycles. The van der Waals surface area contributed by atoms with Crippen LogP contribution in [0.2, 0.25) is 5.15 Å². The fourth-order valence-electron chi connectivity index (χ4n) is 1.77. The number of rotatable bonds is 5. The third-order valence-electron chi connectivity index (χ3n) is 3.37. The number of aromatic nitrogens is 2. The van der Waals surface area contributed by atoms with Gasteiger partial charge in [-0.25, -0.2) is 9.97 Å². The largest absolute Gasteiger partial charge is 0.394 e. The minimum absolute atomic E-state index is 0.0123. The predicted octanol–water partition coefficient (Wildman–Crippen LogP) is 2.74. The third-order valence-corrected chi connectivity index (χ3v) is 3.74. The molecule has 1 aromatic heterocycles. The van der Waals surface area contributed by atoms with Crippen LogP contribution in [0.15, 0.2) is 0 Å². The van der Waals surface area contributed by atoms with Crippen LogP contribution in [0, 0.1) is 12.8 Å². The summed E-state index contributed by atoms with van der Waals surface area (Å²) >= 11 is 6.14. The van der Waals surface area contributed by atoms with Crippen molar-refractivity contribution in [2.24, 2.45) is 5.92 Å². The maximum absolute atomic E-state index is 9.37. The second kappa shape index (κ2) is 5.41. The highest BCUT2D eigenvalue weighted by molar-refractivity contribution is 6.30. The van der Waals surface area contributed by atoms with Crippen molar-refractivity contribution in [2.45, 2.75) is 45.6 Å². The first-order valence-corrected chi connectivity index (χ1v) is 6.82. The van der Waals surface area contributed by atoms with Crippen molar-refractivity contribution in [3.05, 3.63) is 16.5 Å². The monoisotopic (exact) mass is 269 g/mol. The minimum atomic E-state index is -0.0123. The fraction of sp³-hybridized carbons (Fsp3) is 0.692. The molecule has 1 fully saturated rings. The van der Waals surface area contributed by atoms with Crippen molar-refractivity contribution < 1.29 is 5.11 Å². The standard InChI is InChI=1S/C13H20ClN3O/c1-7(2)10(6-18)15-12-8(3)11(14)16-13(17-12)9-4-5-9/h7,9-10,18H,4-6H2,1-3H3,(H,15,16,17).